The first-order valence-corrected chi connectivity index (χ1v) is 7.30. The lowest BCUT2D eigenvalue weighted by Crippen LogP contribution is -2.09. The number of nitrogen functional groups attached to an aromatic ring is 2. The second-order valence-electron chi connectivity index (χ2n) is 4.99. The normalized spacial score (nSPS) is 10.3. The number of fused-ring (bicyclic) bond motifs is 1. The van der Waals surface area contributed by atoms with E-state index in [9.17, 15) is 4.39 Å². The molecule has 0 saturated heterocycles. The lowest BCUT2D eigenvalue weighted by molar-refractivity contribution is 0.599. The van der Waals surface area contributed by atoms with E-state index in [0.717, 1.165) is 0 Å². The third-order valence-corrected chi connectivity index (χ3v) is 3.28. The van der Waals surface area contributed by atoms with E-state index in [-0.39, 0.29) is 28.5 Å². The molecule has 0 aliphatic heterocycles. The van der Waals surface area contributed by atoms with Crippen molar-refractivity contribution in [2.75, 3.05) is 23.3 Å². The van der Waals surface area contributed by atoms with Gasteiger partial charge in [0.1, 0.15) is 35.0 Å². The second kappa shape index (κ2) is 6.45. The van der Waals surface area contributed by atoms with Gasteiger partial charge < -0.3 is 21.2 Å². The van der Waals surface area contributed by atoms with Crippen molar-refractivity contribution in [1.82, 2.24) is 15.0 Å². The largest absolute Gasteiger partial charge is 0.423 e. The smallest absolute Gasteiger partial charge is 0.295 e. The molecule has 1 aromatic carbocycles. The van der Waals surface area contributed by atoms with Crippen molar-refractivity contribution in [3.8, 4) is 11.8 Å². The van der Waals surface area contributed by atoms with Crippen molar-refractivity contribution >= 4 is 34.5 Å². The van der Waals surface area contributed by atoms with Gasteiger partial charge in [-0.25, -0.2) is 14.4 Å². The minimum atomic E-state index is -0.586. The monoisotopic (exact) mass is 339 g/mol. The van der Waals surface area contributed by atoms with Gasteiger partial charge in [-0.05, 0) is 18.9 Å². The summed E-state index contributed by atoms with van der Waals surface area (Å²) < 4.78 is 19.5. The fourth-order valence-electron chi connectivity index (χ4n) is 2.13. The average molecular weight is 339 g/mol. The number of nitrogens with one attached hydrogen (secondary N) is 2. The molecule has 0 unspecified atom stereocenters. The average Bonchev–Trinajstić information content (AvgIpc) is 2.94. The highest BCUT2D eigenvalue weighted by atomic mass is 19.1. The van der Waals surface area contributed by atoms with E-state index in [1.165, 1.54) is 18.5 Å². The van der Waals surface area contributed by atoms with Crippen LogP contribution in [0.5, 0.6) is 0 Å². The Hall–Kier alpha value is -3.67. The van der Waals surface area contributed by atoms with Crippen LogP contribution in [0.3, 0.4) is 0 Å². The van der Waals surface area contributed by atoms with Crippen molar-refractivity contribution in [2.45, 2.75) is 6.92 Å². The zero-order valence-corrected chi connectivity index (χ0v) is 13.2. The first kappa shape index (κ1) is 16.2. The molecular formula is C16H14FN7O. The van der Waals surface area contributed by atoms with Crippen LogP contribution in [0, 0.1) is 23.1 Å². The zero-order valence-electron chi connectivity index (χ0n) is 13.2. The lowest BCUT2D eigenvalue weighted by Gasteiger charge is -2.03. The summed E-state index contributed by atoms with van der Waals surface area (Å²) in [5.74, 6) is 4.58. The quantitative estimate of drug-likeness (QED) is 0.421. The van der Waals surface area contributed by atoms with Gasteiger partial charge in [-0.15, -0.1) is 0 Å². The fraction of sp³-hybridized carbons (Fsp3) is 0.125. The number of oxazole rings is 1. The van der Waals surface area contributed by atoms with Gasteiger partial charge in [0.05, 0.1) is 11.1 Å². The fourth-order valence-corrected chi connectivity index (χ4v) is 2.13. The van der Waals surface area contributed by atoms with Gasteiger partial charge in [0.2, 0.25) is 0 Å². The van der Waals surface area contributed by atoms with Gasteiger partial charge in [0.15, 0.2) is 5.58 Å². The Labute approximate surface area is 142 Å². The highest BCUT2D eigenvalue weighted by molar-refractivity contribution is 6.16. The van der Waals surface area contributed by atoms with Crippen LogP contribution >= 0.6 is 0 Å². The maximum Gasteiger partial charge on any atom is 0.295 e. The zero-order chi connectivity index (χ0) is 18.0. The molecule has 9 heteroatoms. The highest BCUT2D eigenvalue weighted by Crippen LogP contribution is 2.22. The van der Waals surface area contributed by atoms with E-state index in [1.54, 1.807) is 0 Å². The van der Waals surface area contributed by atoms with Crippen molar-refractivity contribution in [3.05, 3.63) is 35.4 Å². The van der Waals surface area contributed by atoms with Gasteiger partial charge in [-0.3, -0.25) is 5.41 Å². The number of anilines is 3. The van der Waals surface area contributed by atoms with Crippen LogP contribution in [0.15, 0.2) is 22.9 Å². The van der Waals surface area contributed by atoms with Gasteiger partial charge in [-0.2, -0.15) is 4.98 Å². The topological polar surface area (TPSA) is 140 Å². The van der Waals surface area contributed by atoms with Crippen LogP contribution in [-0.4, -0.2) is 27.2 Å². The molecule has 0 fully saturated rings. The Morgan fingerprint density at radius 3 is 2.72 bits per heavy atom. The van der Waals surface area contributed by atoms with Crippen molar-refractivity contribution in [1.29, 1.82) is 5.41 Å². The summed E-state index contributed by atoms with van der Waals surface area (Å²) in [5, 5.41) is 10.9. The molecule has 3 rings (SSSR count). The molecule has 0 radical (unpaired) electrons. The van der Waals surface area contributed by atoms with Crippen LogP contribution < -0.4 is 16.8 Å². The third kappa shape index (κ3) is 3.18. The number of nitrogens with zero attached hydrogens (tertiary/aromatic N) is 3. The first-order valence-electron chi connectivity index (χ1n) is 7.30. The van der Waals surface area contributed by atoms with Gasteiger partial charge in [0, 0.05) is 12.6 Å². The number of benzene rings is 1. The Balaban J connectivity index is 1.97. The molecule has 8 nitrogen and oxygen atoms in total. The number of nitrogens with two attached hydrogens (primary N) is 2. The minimum Gasteiger partial charge on any atom is -0.423 e. The SMILES string of the molecule is CCNc1nc2cc(C#CC(=N)c3c(N)ncnc3N)c(F)cc2o1. The molecule has 0 amide bonds. The maximum absolute atomic E-state index is 14.2. The number of aromatic nitrogens is 3. The summed E-state index contributed by atoms with van der Waals surface area (Å²) >= 11 is 0. The van der Waals surface area contributed by atoms with Gasteiger partial charge >= 0.3 is 0 Å². The lowest BCUT2D eigenvalue weighted by atomic mass is 10.1. The molecule has 126 valence electrons. The summed E-state index contributed by atoms with van der Waals surface area (Å²) in [6, 6.07) is 2.95. The van der Waals surface area contributed by atoms with Crippen LogP contribution in [0.25, 0.3) is 11.1 Å². The third-order valence-electron chi connectivity index (χ3n) is 3.28. The Kier molecular flexibility index (Phi) is 4.18. The number of rotatable bonds is 3. The molecule has 6 N–H and O–H groups in total. The second-order valence-corrected chi connectivity index (χ2v) is 4.99. The predicted molar refractivity (Wildman–Crippen MR) is 92.7 cm³/mol. The molecule has 0 aliphatic carbocycles. The summed E-state index contributed by atoms with van der Waals surface area (Å²) in [6.45, 7) is 2.52. The molecule has 2 heterocycles. The van der Waals surface area contributed by atoms with Crippen LogP contribution in [-0.2, 0) is 0 Å². The van der Waals surface area contributed by atoms with Crippen LogP contribution in [0.1, 0.15) is 18.1 Å². The minimum absolute atomic E-state index is 0.0366. The number of hydrogen-bond acceptors (Lipinski definition) is 8. The molecule has 0 bridgehead atoms. The standard InChI is InChI=1S/C16H14FN7O/c1-2-21-16-24-11-5-8(9(17)6-12(11)25-16)3-4-10(18)13-14(19)22-7-23-15(13)20/h5-7,18H,2H2,1H3,(H,21,24)(H4,19,20,22,23). The van der Waals surface area contributed by atoms with Crippen molar-refractivity contribution in [2.24, 2.45) is 0 Å². The summed E-state index contributed by atoms with van der Waals surface area (Å²) in [4.78, 5) is 11.7. The van der Waals surface area contributed by atoms with E-state index >= 15 is 0 Å². The Morgan fingerprint density at radius 2 is 2.04 bits per heavy atom. The molecule has 0 spiro atoms. The molecule has 0 atom stereocenters. The van der Waals surface area contributed by atoms with Gasteiger partial charge in [0.25, 0.3) is 6.01 Å². The Bertz CT molecular complexity index is 1010. The van der Waals surface area contributed by atoms with Crippen LogP contribution in [0.2, 0.25) is 0 Å². The van der Waals surface area contributed by atoms with Crippen molar-refractivity contribution < 1.29 is 8.81 Å². The van der Waals surface area contributed by atoms with E-state index in [0.29, 0.717) is 23.7 Å². The molecule has 25 heavy (non-hydrogen) atoms. The summed E-state index contributed by atoms with van der Waals surface area (Å²) in [6.07, 6.45) is 1.19. The first-order chi connectivity index (χ1) is 12.0. The number of halogens is 1. The summed E-state index contributed by atoms with van der Waals surface area (Å²) in [5.41, 5.74) is 12.1. The maximum atomic E-state index is 14.2. The highest BCUT2D eigenvalue weighted by Gasteiger charge is 2.12. The van der Waals surface area contributed by atoms with Crippen LogP contribution in [0.4, 0.5) is 22.0 Å². The molecule has 3 aromatic rings. The molecule has 0 saturated carbocycles. The van der Waals surface area contributed by atoms with E-state index in [4.69, 9.17) is 21.3 Å². The Morgan fingerprint density at radius 1 is 1.32 bits per heavy atom. The molecule has 2 aromatic heterocycles. The van der Waals surface area contributed by atoms with Crippen molar-refractivity contribution in [3.63, 3.8) is 0 Å². The molecule has 0 aliphatic rings. The van der Waals surface area contributed by atoms with E-state index in [1.807, 2.05) is 6.92 Å². The van der Waals surface area contributed by atoms with E-state index in [2.05, 4.69) is 32.1 Å². The molecular weight excluding hydrogens is 325 g/mol. The van der Waals surface area contributed by atoms with Gasteiger partial charge in [-0.1, -0.05) is 5.92 Å². The van der Waals surface area contributed by atoms with E-state index < -0.39 is 5.82 Å². The number of hydrogen-bond donors (Lipinski definition) is 4. The summed E-state index contributed by atoms with van der Waals surface area (Å²) in [7, 11) is 0. The predicted octanol–water partition coefficient (Wildman–Crippen LogP) is 1.77.